The van der Waals surface area contributed by atoms with Gasteiger partial charge in [-0.25, -0.2) is 4.98 Å². The molecule has 10 heteroatoms. The van der Waals surface area contributed by atoms with Crippen molar-refractivity contribution in [2.24, 2.45) is 0 Å². The van der Waals surface area contributed by atoms with Gasteiger partial charge in [-0.05, 0) is 12.1 Å². The van der Waals surface area contributed by atoms with E-state index in [9.17, 15) is 14.4 Å². The van der Waals surface area contributed by atoms with Crippen LogP contribution in [-0.2, 0) is 14.4 Å². The van der Waals surface area contributed by atoms with Crippen LogP contribution in [0.1, 0.15) is 18.7 Å². The van der Waals surface area contributed by atoms with Crippen LogP contribution in [0.15, 0.2) is 22.9 Å². The summed E-state index contributed by atoms with van der Waals surface area (Å²) in [5, 5.41) is 3.87. The summed E-state index contributed by atoms with van der Waals surface area (Å²) in [5.74, 6) is 1.08. The maximum absolute atomic E-state index is 12.4. The molecule has 2 aliphatic rings. The number of carbonyl (C=O) groups excluding carboxylic acids is 3. The number of amides is 3. The summed E-state index contributed by atoms with van der Waals surface area (Å²) in [6.45, 7) is 3.86. The molecule has 4 heterocycles. The van der Waals surface area contributed by atoms with Crippen molar-refractivity contribution in [2.45, 2.75) is 19.8 Å². The number of hydrogen-bond acceptors (Lipinski definition) is 8. The van der Waals surface area contributed by atoms with E-state index in [-0.39, 0.29) is 37.1 Å². The lowest BCUT2D eigenvalue weighted by molar-refractivity contribution is -0.145. The summed E-state index contributed by atoms with van der Waals surface area (Å²) in [4.78, 5) is 49.2. The lowest BCUT2D eigenvalue weighted by Gasteiger charge is -2.36. The average Bonchev–Trinajstić information content (AvgIpc) is 3.29. The minimum absolute atomic E-state index is 0.158. The van der Waals surface area contributed by atoms with Gasteiger partial charge in [-0.15, -0.1) is 0 Å². The molecule has 2 aliphatic heterocycles. The number of aryl methyl sites for hydroxylation is 1. The summed E-state index contributed by atoms with van der Waals surface area (Å²) < 4.78 is 4.98. The lowest BCUT2D eigenvalue weighted by Crippen LogP contribution is -2.52. The smallest absolute Gasteiger partial charge is 0.242 e. The van der Waals surface area contributed by atoms with Gasteiger partial charge in [0.2, 0.25) is 29.4 Å². The monoisotopic (exact) mass is 384 g/mol. The van der Waals surface area contributed by atoms with E-state index < -0.39 is 0 Å². The molecule has 0 bridgehead atoms. The van der Waals surface area contributed by atoms with Gasteiger partial charge in [0.15, 0.2) is 0 Å². The van der Waals surface area contributed by atoms with Gasteiger partial charge in [-0.2, -0.15) is 4.98 Å². The number of nitrogens with zero attached hydrogens (tertiary/aromatic N) is 6. The van der Waals surface area contributed by atoms with E-state index in [1.807, 2.05) is 12.1 Å². The van der Waals surface area contributed by atoms with Crippen molar-refractivity contribution in [3.8, 4) is 11.4 Å². The van der Waals surface area contributed by atoms with E-state index in [2.05, 4.69) is 20.0 Å². The number of anilines is 1. The first-order valence-electron chi connectivity index (χ1n) is 9.14. The van der Waals surface area contributed by atoms with Crippen LogP contribution in [0, 0.1) is 6.92 Å². The van der Waals surface area contributed by atoms with Crippen molar-refractivity contribution in [1.82, 2.24) is 24.9 Å². The third-order valence-electron chi connectivity index (χ3n) is 4.94. The number of aromatic nitrogens is 3. The number of pyridine rings is 1. The van der Waals surface area contributed by atoms with Crippen LogP contribution >= 0.6 is 0 Å². The van der Waals surface area contributed by atoms with Crippen LogP contribution < -0.4 is 4.90 Å². The minimum Gasteiger partial charge on any atom is -0.353 e. The molecule has 10 nitrogen and oxygen atoms in total. The quantitative estimate of drug-likeness (QED) is 0.689. The van der Waals surface area contributed by atoms with Crippen molar-refractivity contribution in [3.05, 3.63) is 24.2 Å². The van der Waals surface area contributed by atoms with Crippen LogP contribution in [0.3, 0.4) is 0 Å². The van der Waals surface area contributed by atoms with Crippen LogP contribution in [0.2, 0.25) is 0 Å². The Bertz CT molecular complexity index is 885. The van der Waals surface area contributed by atoms with Crippen LogP contribution in [0.25, 0.3) is 11.4 Å². The van der Waals surface area contributed by atoms with E-state index in [4.69, 9.17) is 4.52 Å². The molecule has 0 aliphatic carbocycles. The molecule has 0 N–H and O–H groups in total. The van der Waals surface area contributed by atoms with Gasteiger partial charge in [-0.3, -0.25) is 19.3 Å². The number of rotatable bonds is 4. The lowest BCUT2D eigenvalue weighted by atomic mass is 10.2. The molecule has 0 atom stereocenters. The second kappa shape index (κ2) is 7.37. The van der Waals surface area contributed by atoms with Crippen LogP contribution in [-0.4, -0.2) is 75.4 Å². The maximum atomic E-state index is 12.4. The Morgan fingerprint density at radius 3 is 2.39 bits per heavy atom. The molecule has 4 rings (SSSR count). The molecular formula is C18H20N6O4. The van der Waals surface area contributed by atoms with E-state index in [0.29, 0.717) is 37.9 Å². The first-order valence-corrected chi connectivity index (χ1v) is 9.14. The van der Waals surface area contributed by atoms with Crippen molar-refractivity contribution < 1.29 is 18.9 Å². The van der Waals surface area contributed by atoms with Crippen molar-refractivity contribution in [1.29, 1.82) is 0 Å². The van der Waals surface area contributed by atoms with Gasteiger partial charge < -0.3 is 14.3 Å². The molecule has 2 aromatic rings. The normalized spacial score (nSPS) is 17.5. The molecule has 2 fully saturated rings. The zero-order valence-electron chi connectivity index (χ0n) is 15.5. The Labute approximate surface area is 161 Å². The maximum Gasteiger partial charge on any atom is 0.242 e. The van der Waals surface area contributed by atoms with Gasteiger partial charge >= 0.3 is 0 Å². The Hall–Kier alpha value is -3.30. The van der Waals surface area contributed by atoms with E-state index in [1.54, 1.807) is 18.0 Å². The number of imide groups is 1. The Morgan fingerprint density at radius 2 is 1.82 bits per heavy atom. The zero-order chi connectivity index (χ0) is 19.7. The number of carbonyl (C=O) groups is 3. The Morgan fingerprint density at radius 1 is 1.11 bits per heavy atom. The Balaban J connectivity index is 1.33. The summed E-state index contributed by atoms with van der Waals surface area (Å²) in [6.07, 6.45) is 2.09. The molecular weight excluding hydrogens is 364 g/mol. The predicted molar refractivity (Wildman–Crippen MR) is 97.0 cm³/mol. The van der Waals surface area contributed by atoms with Gasteiger partial charge in [0.1, 0.15) is 12.4 Å². The highest BCUT2D eigenvalue weighted by atomic mass is 16.5. The average molecular weight is 384 g/mol. The third-order valence-corrected chi connectivity index (χ3v) is 4.94. The topological polar surface area (TPSA) is 113 Å². The Kier molecular flexibility index (Phi) is 4.76. The van der Waals surface area contributed by atoms with E-state index in [0.717, 1.165) is 16.3 Å². The van der Waals surface area contributed by atoms with Gasteiger partial charge in [-0.1, -0.05) is 5.16 Å². The predicted octanol–water partition coefficient (Wildman–Crippen LogP) is 0.238. The molecule has 28 heavy (non-hydrogen) atoms. The highest BCUT2D eigenvalue weighted by molar-refractivity contribution is 6.04. The van der Waals surface area contributed by atoms with Crippen LogP contribution in [0.5, 0.6) is 0 Å². The molecule has 0 saturated carbocycles. The van der Waals surface area contributed by atoms with Gasteiger partial charge in [0, 0.05) is 57.7 Å². The third kappa shape index (κ3) is 3.57. The summed E-state index contributed by atoms with van der Waals surface area (Å²) in [6, 6.07) is 3.77. The highest BCUT2D eigenvalue weighted by Gasteiger charge is 2.32. The first-order chi connectivity index (χ1) is 13.5. The van der Waals surface area contributed by atoms with Crippen molar-refractivity contribution in [2.75, 3.05) is 37.6 Å². The highest BCUT2D eigenvalue weighted by Crippen LogP contribution is 2.20. The van der Waals surface area contributed by atoms with E-state index in [1.165, 1.54) is 0 Å². The standard InChI is InChI=1S/C18H20N6O4/c1-12-20-18(21-28-12)13-2-3-14(19-10-13)22-6-8-23(9-7-22)17(27)11-24-15(25)4-5-16(24)26/h2-3,10H,4-9,11H2,1H3. The zero-order valence-corrected chi connectivity index (χ0v) is 15.5. The molecule has 3 amide bonds. The fraction of sp³-hybridized carbons (Fsp3) is 0.444. The summed E-state index contributed by atoms with van der Waals surface area (Å²) in [5.41, 5.74) is 0.773. The number of piperazine rings is 1. The van der Waals surface area contributed by atoms with Gasteiger partial charge in [0.25, 0.3) is 0 Å². The van der Waals surface area contributed by atoms with E-state index >= 15 is 0 Å². The van der Waals surface area contributed by atoms with Crippen molar-refractivity contribution in [3.63, 3.8) is 0 Å². The molecule has 0 aromatic carbocycles. The minimum atomic E-state index is -0.266. The fourth-order valence-electron chi connectivity index (χ4n) is 3.34. The first kappa shape index (κ1) is 18.1. The molecule has 2 aromatic heterocycles. The molecule has 2 saturated heterocycles. The second-order valence-corrected chi connectivity index (χ2v) is 6.78. The van der Waals surface area contributed by atoms with Crippen molar-refractivity contribution >= 4 is 23.5 Å². The summed E-state index contributed by atoms with van der Waals surface area (Å²) in [7, 11) is 0. The molecule has 0 unspecified atom stereocenters. The van der Waals surface area contributed by atoms with Crippen LogP contribution in [0.4, 0.5) is 5.82 Å². The number of hydrogen-bond donors (Lipinski definition) is 0. The second-order valence-electron chi connectivity index (χ2n) is 6.78. The fourth-order valence-corrected chi connectivity index (χ4v) is 3.34. The van der Waals surface area contributed by atoms with Gasteiger partial charge in [0.05, 0.1) is 0 Å². The molecule has 0 spiro atoms. The largest absolute Gasteiger partial charge is 0.353 e. The molecule has 146 valence electrons. The SMILES string of the molecule is Cc1nc(-c2ccc(N3CCN(C(=O)CN4C(=O)CCC4=O)CC3)nc2)no1. The number of likely N-dealkylation sites (tertiary alicyclic amines) is 1. The summed E-state index contributed by atoms with van der Waals surface area (Å²) >= 11 is 0. The molecule has 0 radical (unpaired) electrons.